The number of carbonyl (C=O) groups excluding carboxylic acids is 4. The molecule has 1 fully saturated rings. The van der Waals surface area contributed by atoms with Crippen molar-refractivity contribution in [2.24, 2.45) is 10.7 Å². The van der Waals surface area contributed by atoms with Crippen LogP contribution in [0.3, 0.4) is 0 Å². The van der Waals surface area contributed by atoms with Gasteiger partial charge in [-0.05, 0) is 163 Å². The Bertz CT molecular complexity index is 4590. The first-order chi connectivity index (χ1) is 44.7. The molecule has 0 saturated carbocycles. The molecule has 10 aromatic carbocycles. The predicted octanol–water partition coefficient (Wildman–Crippen LogP) is 13.0. The third-order valence-corrected chi connectivity index (χ3v) is 17.4. The van der Waals surface area contributed by atoms with Gasteiger partial charge in [-0.3, -0.25) is 29.0 Å². The number of nitrogens with zero attached hydrogens (tertiary/aromatic N) is 7. The zero-order valence-corrected chi connectivity index (χ0v) is 49.6. The summed E-state index contributed by atoms with van der Waals surface area (Å²) in [6.45, 7) is 6.68. The van der Waals surface area contributed by atoms with Gasteiger partial charge in [-0.25, -0.2) is 13.8 Å². The monoisotopic (exact) mass is 1210 g/mol. The van der Waals surface area contributed by atoms with Crippen molar-refractivity contribution in [2.75, 3.05) is 0 Å². The maximum atomic E-state index is 14.6. The van der Waals surface area contributed by atoms with Gasteiger partial charge in [0.1, 0.15) is 17.5 Å². The lowest BCUT2D eigenvalue weighted by Gasteiger charge is -2.29. The van der Waals surface area contributed by atoms with Gasteiger partial charge in [0.2, 0.25) is 0 Å². The van der Waals surface area contributed by atoms with E-state index in [1.165, 1.54) is 29.2 Å². The Kier molecular flexibility index (Phi) is 15.7. The molecule has 0 radical (unpaired) electrons. The second kappa shape index (κ2) is 24.5. The Morgan fingerprint density at radius 2 is 0.891 bits per heavy atom. The minimum Gasteiger partial charge on any atom is -0.369 e. The van der Waals surface area contributed by atoms with E-state index in [9.17, 15) is 38.5 Å². The Balaban J connectivity index is 0.000000168. The molecule has 15 heteroatoms. The number of nitrogens with one attached hydrogen (secondary N) is 1. The normalized spacial score (nSPS) is 17.0. The van der Waals surface area contributed by atoms with E-state index in [4.69, 9.17) is 10.7 Å². The van der Waals surface area contributed by atoms with Gasteiger partial charge in [-0.15, -0.1) is 0 Å². The molecule has 448 valence electrons. The van der Waals surface area contributed by atoms with Crippen LogP contribution >= 0.6 is 0 Å². The largest absolute Gasteiger partial charge is 0.369 e. The van der Waals surface area contributed by atoms with E-state index in [0.717, 1.165) is 50.1 Å². The number of fused-ring (bicyclic) bond motifs is 2. The maximum Gasteiger partial charge on any atom is 0.266 e. The number of rotatable bonds is 12. The lowest BCUT2D eigenvalue weighted by atomic mass is 9.81. The molecule has 1 saturated heterocycles. The van der Waals surface area contributed by atoms with E-state index in [-0.39, 0.29) is 36.8 Å². The number of aliphatic imine (C=N–C) groups is 1. The van der Waals surface area contributed by atoms with Crippen LogP contribution in [0.25, 0.3) is 22.3 Å². The summed E-state index contributed by atoms with van der Waals surface area (Å²) in [6.07, 6.45) is 0. The van der Waals surface area contributed by atoms with Crippen LogP contribution in [0.15, 0.2) is 260 Å². The van der Waals surface area contributed by atoms with Crippen LogP contribution in [0.1, 0.15) is 87.5 Å². The third-order valence-electron chi connectivity index (χ3n) is 17.4. The summed E-state index contributed by atoms with van der Waals surface area (Å²) in [4.78, 5) is 67.5. The minimum atomic E-state index is -1.57. The molecule has 2 atom stereocenters. The highest BCUT2D eigenvalue weighted by Crippen LogP contribution is 2.43. The van der Waals surface area contributed by atoms with Crippen molar-refractivity contribution in [2.45, 2.75) is 50.3 Å². The number of halogens is 2. The molecular weight excluding hydrogens is 1150 g/mol. The molecule has 4 aliphatic rings. The molecule has 0 aromatic heterocycles. The Hall–Kier alpha value is -12.1. The first kappa shape index (κ1) is 58.9. The van der Waals surface area contributed by atoms with Crippen LogP contribution in [0.2, 0.25) is 0 Å². The number of nitriles is 2. The summed E-state index contributed by atoms with van der Waals surface area (Å²) >= 11 is 0. The zero-order valence-electron chi connectivity index (χ0n) is 49.6. The van der Waals surface area contributed by atoms with Gasteiger partial charge in [0.05, 0.1) is 36.4 Å². The van der Waals surface area contributed by atoms with Crippen LogP contribution in [-0.4, -0.2) is 49.2 Å². The summed E-state index contributed by atoms with van der Waals surface area (Å²) in [6, 6.07) is 75.9. The quantitative estimate of drug-likeness (QED) is 0.121. The van der Waals surface area contributed by atoms with Gasteiger partial charge in [0.15, 0.2) is 17.0 Å². The molecule has 0 bridgehead atoms. The number of carbonyl (C=O) groups is 4. The summed E-state index contributed by atoms with van der Waals surface area (Å²) in [5, 5.41) is 22.2. The van der Waals surface area contributed by atoms with Crippen molar-refractivity contribution in [3.63, 3.8) is 0 Å². The van der Waals surface area contributed by atoms with Crippen molar-refractivity contribution in [1.29, 1.82) is 10.5 Å². The van der Waals surface area contributed by atoms with Crippen molar-refractivity contribution in [3.05, 3.63) is 345 Å². The highest BCUT2D eigenvalue weighted by atomic mass is 19.1. The molecule has 14 rings (SSSR count). The molecule has 13 nitrogen and oxygen atoms in total. The SMILES string of the molecule is C=C1NC(c2ccc(F)cc2)(c2cccc(-c3cccc(C#N)c3)c2)C(=O)N1Cc1cccc(C(=O)N2Cc3ccccc3C2)c1.N#Cc1cccc(-c2cccc(C3(c4ccc(F)cc4)N=C(N)N(Cc4cccc(C(=O)N5Cc6ccccc6C5)c4)C3=O)c2)c1. The molecule has 4 amide bonds. The van der Waals surface area contributed by atoms with Crippen LogP contribution in [0, 0.1) is 34.3 Å². The number of benzene rings is 10. The standard InChI is InChI=1S/C39H29FN4O2.C38H28FN5O2/c1-26-42-39(34-15-17-36(40)18-16-34,35-14-6-12-30(21-35)29-11-4-7-27(19-29)22-41)38(46)44(26)23-28-8-5-13-31(20-28)37(45)43-24-32-9-2-3-10-33(32)25-43;39-34-16-14-32(15-17-34)38(33-13-5-11-28(20-33)27-10-3-6-25(18-27)21-40)36(46)44(37(41)42-38)22-26-7-4-12-29(19-26)35(45)43-23-30-8-1-2-9-31(30)24-43/h2-21,42H,1,23-25H2;1-20H,22-24H2,(H2,41,42). The molecule has 4 heterocycles. The van der Waals surface area contributed by atoms with E-state index >= 15 is 0 Å². The molecule has 2 unspecified atom stereocenters. The van der Waals surface area contributed by atoms with E-state index in [1.54, 1.807) is 94.7 Å². The van der Waals surface area contributed by atoms with Gasteiger partial charge < -0.3 is 20.9 Å². The summed E-state index contributed by atoms with van der Waals surface area (Å²) in [5.41, 5.74) is 17.2. The number of hydrogen-bond donors (Lipinski definition) is 2. The van der Waals surface area contributed by atoms with Crippen molar-refractivity contribution >= 4 is 29.6 Å². The van der Waals surface area contributed by atoms with Crippen LogP contribution < -0.4 is 11.1 Å². The third kappa shape index (κ3) is 11.1. The summed E-state index contributed by atoms with van der Waals surface area (Å²) in [7, 11) is 0. The number of guanidine groups is 1. The fourth-order valence-electron chi connectivity index (χ4n) is 12.7. The van der Waals surface area contributed by atoms with Gasteiger partial charge in [-0.2, -0.15) is 10.5 Å². The van der Waals surface area contributed by atoms with Crippen molar-refractivity contribution < 1.29 is 28.0 Å². The van der Waals surface area contributed by atoms with E-state index in [1.807, 2.05) is 138 Å². The fraction of sp³-hybridized carbons (Fsp3) is 0.104. The Morgan fingerprint density at radius 1 is 0.478 bits per heavy atom. The minimum absolute atomic E-state index is 0.0120. The van der Waals surface area contributed by atoms with Crippen molar-refractivity contribution in [3.8, 4) is 34.4 Å². The number of hydrogen-bond acceptors (Lipinski definition) is 9. The van der Waals surface area contributed by atoms with E-state index in [0.29, 0.717) is 82.1 Å². The summed E-state index contributed by atoms with van der Waals surface area (Å²) in [5.74, 6) is -1.29. The van der Waals surface area contributed by atoms with Crippen molar-refractivity contribution in [1.82, 2.24) is 24.9 Å². The van der Waals surface area contributed by atoms with Gasteiger partial charge >= 0.3 is 0 Å². The molecule has 0 spiro atoms. The smallest absolute Gasteiger partial charge is 0.266 e. The molecule has 4 aliphatic heterocycles. The maximum absolute atomic E-state index is 14.6. The van der Waals surface area contributed by atoms with Crippen LogP contribution in [0.4, 0.5) is 8.78 Å². The topological polar surface area (TPSA) is 179 Å². The average molecular weight is 1210 g/mol. The second-order valence-electron chi connectivity index (χ2n) is 23.1. The van der Waals surface area contributed by atoms with E-state index < -0.39 is 28.6 Å². The van der Waals surface area contributed by atoms with Crippen LogP contribution in [0.5, 0.6) is 0 Å². The molecule has 0 aliphatic carbocycles. The first-order valence-corrected chi connectivity index (χ1v) is 29.8. The Labute approximate surface area is 530 Å². The lowest BCUT2D eigenvalue weighted by Crippen LogP contribution is -2.44. The predicted molar refractivity (Wildman–Crippen MR) is 345 cm³/mol. The first-order valence-electron chi connectivity index (χ1n) is 29.8. The number of amides is 4. The summed E-state index contributed by atoms with van der Waals surface area (Å²) < 4.78 is 28.2. The number of nitrogens with two attached hydrogens (primary N) is 1. The van der Waals surface area contributed by atoms with Crippen LogP contribution in [-0.2, 0) is 59.9 Å². The van der Waals surface area contributed by atoms with E-state index in [2.05, 4.69) is 24.0 Å². The highest BCUT2D eigenvalue weighted by Gasteiger charge is 2.52. The highest BCUT2D eigenvalue weighted by molar-refractivity contribution is 6.09. The second-order valence-corrected chi connectivity index (χ2v) is 23.1. The Morgan fingerprint density at radius 3 is 1.37 bits per heavy atom. The van der Waals surface area contributed by atoms with Gasteiger partial charge in [0, 0.05) is 37.3 Å². The lowest BCUT2D eigenvalue weighted by molar-refractivity contribution is -0.131. The molecule has 3 N–H and O–H groups in total. The molecular formula is C77H57F2N9O4. The zero-order chi connectivity index (χ0) is 63.7. The average Bonchev–Trinajstić information content (AvgIpc) is 1.55. The fourth-order valence-corrected chi connectivity index (χ4v) is 12.7. The van der Waals surface area contributed by atoms with Gasteiger partial charge in [-0.1, -0.05) is 164 Å². The van der Waals surface area contributed by atoms with Gasteiger partial charge in [0.25, 0.3) is 23.6 Å². The molecule has 92 heavy (non-hydrogen) atoms. The molecule has 10 aromatic rings.